The lowest BCUT2D eigenvalue weighted by atomic mass is 10.1. The third-order valence-electron chi connectivity index (χ3n) is 5.01. The molecule has 6 nitrogen and oxygen atoms in total. The summed E-state index contributed by atoms with van der Waals surface area (Å²) in [5.74, 6) is 0.275. The van der Waals surface area contributed by atoms with Crippen LogP contribution in [0.2, 0.25) is 0 Å². The van der Waals surface area contributed by atoms with Gasteiger partial charge in [-0.25, -0.2) is 4.98 Å². The second-order valence-corrected chi connectivity index (χ2v) is 7.66. The van der Waals surface area contributed by atoms with Gasteiger partial charge in [-0.3, -0.25) is 9.36 Å². The number of allylic oxidation sites excluding steroid dienone is 5. The molecule has 0 amide bonds. The number of alkyl halides is 3. The first-order chi connectivity index (χ1) is 16.8. The summed E-state index contributed by atoms with van der Waals surface area (Å²) in [6, 6.07) is 10.8. The van der Waals surface area contributed by atoms with Crippen LogP contribution in [-0.2, 0) is 10.9 Å². The summed E-state index contributed by atoms with van der Waals surface area (Å²) < 4.78 is 48.6. The van der Waals surface area contributed by atoms with Crippen LogP contribution in [0.1, 0.15) is 18.9 Å². The van der Waals surface area contributed by atoms with Gasteiger partial charge in [-0.1, -0.05) is 36.4 Å². The highest BCUT2D eigenvalue weighted by Gasteiger charge is 2.35. The molecule has 2 N–H and O–H groups in total. The topological polar surface area (TPSA) is 68.2 Å². The van der Waals surface area contributed by atoms with Crippen LogP contribution < -0.4 is 16.1 Å². The number of pyridine rings is 2. The fourth-order valence-electron chi connectivity index (χ4n) is 3.47. The zero-order valence-electron chi connectivity index (χ0n) is 19.5. The molecule has 184 valence electrons. The second kappa shape index (κ2) is 11.5. The smallest absolute Gasteiger partial charge is 0.383 e. The average molecular weight is 485 g/mol. The second-order valence-electron chi connectivity index (χ2n) is 7.66. The molecule has 0 saturated carbocycles. The van der Waals surface area contributed by atoms with Crippen LogP contribution in [0.4, 0.5) is 24.8 Å². The molecule has 0 aliphatic carbocycles. The SMILES string of the molecule is C=CC/C=C\C=C(/C)Nc1cc(=O)c2c(C(F)(F)F)cc(NCCOC)nc2n1-c1ccccc1. The average Bonchev–Trinajstić information content (AvgIpc) is 2.81. The van der Waals surface area contributed by atoms with Crippen molar-refractivity contribution in [1.29, 1.82) is 0 Å². The van der Waals surface area contributed by atoms with Gasteiger partial charge in [0, 0.05) is 31.1 Å². The first-order valence-electron chi connectivity index (χ1n) is 10.9. The third kappa shape index (κ3) is 6.39. The molecule has 0 aliphatic rings. The highest BCUT2D eigenvalue weighted by molar-refractivity contribution is 5.85. The van der Waals surface area contributed by atoms with Gasteiger partial charge in [-0.15, -0.1) is 6.58 Å². The van der Waals surface area contributed by atoms with Crippen molar-refractivity contribution >= 4 is 22.7 Å². The summed E-state index contributed by atoms with van der Waals surface area (Å²) in [5.41, 5.74) is -0.726. The largest absolute Gasteiger partial charge is 0.417 e. The lowest BCUT2D eigenvalue weighted by Crippen LogP contribution is -2.20. The minimum absolute atomic E-state index is 0.0114. The number of aromatic nitrogens is 2. The minimum atomic E-state index is -4.76. The molecule has 1 aromatic carbocycles. The summed E-state index contributed by atoms with van der Waals surface area (Å²) in [7, 11) is 1.49. The van der Waals surface area contributed by atoms with Crippen molar-refractivity contribution in [3.8, 4) is 5.69 Å². The van der Waals surface area contributed by atoms with E-state index in [1.165, 1.54) is 11.7 Å². The van der Waals surface area contributed by atoms with Crippen molar-refractivity contribution in [3.05, 3.63) is 94.8 Å². The summed E-state index contributed by atoms with van der Waals surface area (Å²) in [6.07, 6.45) is 3.22. The number of hydrogen-bond acceptors (Lipinski definition) is 5. The monoisotopic (exact) mass is 484 g/mol. The van der Waals surface area contributed by atoms with Crippen molar-refractivity contribution in [2.75, 3.05) is 30.9 Å². The molecule has 0 saturated heterocycles. The van der Waals surface area contributed by atoms with Crippen LogP contribution in [0.25, 0.3) is 16.7 Å². The zero-order chi connectivity index (χ0) is 25.4. The number of hydrogen-bond donors (Lipinski definition) is 2. The normalized spacial score (nSPS) is 12.3. The Morgan fingerprint density at radius 3 is 2.63 bits per heavy atom. The third-order valence-corrected chi connectivity index (χ3v) is 5.01. The van der Waals surface area contributed by atoms with E-state index in [-0.39, 0.29) is 30.4 Å². The van der Waals surface area contributed by atoms with E-state index < -0.39 is 22.6 Å². The van der Waals surface area contributed by atoms with Gasteiger partial charge < -0.3 is 15.4 Å². The van der Waals surface area contributed by atoms with Crippen LogP contribution in [-0.4, -0.2) is 29.8 Å². The maximum atomic E-state index is 14.0. The van der Waals surface area contributed by atoms with E-state index in [2.05, 4.69) is 22.2 Å². The van der Waals surface area contributed by atoms with Gasteiger partial charge in [0.2, 0.25) is 0 Å². The van der Waals surface area contributed by atoms with E-state index in [0.717, 1.165) is 12.1 Å². The molecular formula is C26H27F3N4O2. The van der Waals surface area contributed by atoms with E-state index in [1.54, 1.807) is 49.4 Å². The first-order valence-corrected chi connectivity index (χ1v) is 10.9. The Hall–Kier alpha value is -3.85. The van der Waals surface area contributed by atoms with Crippen LogP contribution in [0.3, 0.4) is 0 Å². The molecule has 0 spiro atoms. The number of benzene rings is 1. The number of anilines is 2. The maximum absolute atomic E-state index is 14.0. The number of para-hydroxylation sites is 1. The maximum Gasteiger partial charge on any atom is 0.417 e. The van der Waals surface area contributed by atoms with E-state index in [0.29, 0.717) is 17.8 Å². The fourth-order valence-corrected chi connectivity index (χ4v) is 3.47. The molecule has 0 radical (unpaired) electrons. The molecule has 2 aromatic heterocycles. The van der Waals surface area contributed by atoms with Gasteiger partial charge in [0.05, 0.1) is 17.6 Å². The molecule has 3 aromatic rings. The Kier molecular flexibility index (Phi) is 8.48. The highest BCUT2D eigenvalue weighted by atomic mass is 19.4. The molecule has 0 aliphatic heterocycles. The van der Waals surface area contributed by atoms with Gasteiger partial charge in [-0.05, 0) is 37.6 Å². The number of methoxy groups -OCH3 is 1. The number of ether oxygens (including phenoxy) is 1. The number of rotatable bonds is 10. The van der Waals surface area contributed by atoms with E-state index in [9.17, 15) is 18.0 Å². The molecular weight excluding hydrogens is 457 g/mol. The summed E-state index contributed by atoms with van der Waals surface area (Å²) >= 11 is 0. The summed E-state index contributed by atoms with van der Waals surface area (Å²) in [5, 5.41) is 5.48. The lowest BCUT2D eigenvalue weighted by molar-refractivity contribution is -0.136. The van der Waals surface area contributed by atoms with Gasteiger partial charge >= 0.3 is 6.18 Å². The Morgan fingerprint density at radius 2 is 1.97 bits per heavy atom. The zero-order valence-corrected chi connectivity index (χ0v) is 19.5. The van der Waals surface area contributed by atoms with Gasteiger partial charge in [0.25, 0.3) is 0 Å². The Balaban J connectivity index is 2.30. The molecule has 2 heterocycles. The molecule has 0 bridgehead atoms. The summed E-state index contributed by atoms with van der Waals surface area (Å²) in [4.78, 5) is 17.4. The highest BCUT2D eigenvalue weighted by Crippen LogP contribution is 2.36. The fraction of sp³-hybridized carbons (Fsp3) is 0.231. The van der Waals surface area contributed by atoms with Gasteiger partial charge in [-0.2, -0.15) is 13.2 Å². The molecule has 35 heavy (non-hydrogen) atoms. The van der Waals surface area contributed by atoms with Crippen LogP contribution >= 0.6 is 0 Å². The van der Waals surface area contributed by atoms with E-state index in [1.807, 2.05) is 12.2 Å². The molecule has 0 fully saturated rings. The Bertz CT molecular complexity index is 1300. The molecule has 0 unspecified atom stereocenters. The number of fused-ring (bicyclic) bond motifs is 1. The van der Waals surface area contributed by atoms with Crippen molar-refractivity contribution in [1.82, 2.24) is 9.55 Å². The predicted molar refractivity (Wildman–Crippen MR) is 134 cm³/mol. The summed E-state index contributed by atoms with van der Waals surface area (Å²) in [6.45, 7) is 5.97. The van der Waals surface area contributed by atoms with Crippen LogP contribution in [0.15, 0.2) is 83.8 Å². The van der Waals surface area contributed by atoms with Crippen molar-refractivity contribution in [2.45, 2.75) is 19.5 Å². The Morgan fingerprint density at radius 1 is 1.23 bits per heavy atom. The van der Waals surface area contributed by atoms with Crippen molar-refractivity contribution < 1.29 is 17.9 Å². The predicted octanol–water partition coefficient (Wildman–Crippen LogP) is 5.91. The van der Waals surface area contributed by atoms with E-state index in [4.69, 9.17) is 4.74 Å². The quantitative estimate of drug-likeness (QED) is 0.213. The van der Waals surface area contributed by atoms with Crippen LogP contribution in [0, 0.1) is 0 Å². The first kappa shape index (κ1) is 25.8. The van der Waals surface area contributed by atoms with E-state index >= 15 is 0 Å². The van der Waals surface area contributed by atoms with Gasteiger partial charge in [0.1, 0.15) is 11.6 Å². The molecule has 9 heteroatoms. The van der Waals surface area contributed by atoms with Crippen molar-refractivity contribution in [3.63, 3.8) is 0 Å². The van der Waals surface area contributed by atoms with Crippen molar-refractivity contribution in [2.24, 2.45) is 0 Å². The van der Waals surface area contributed by atoms with Crippen LogP contribution in [0.5, 0.6) is 0 Å². The molecule has 3 rings (SSSR count). The number of nitrogens with one attached hydrogen (secondary N) is 2. The lowest BCUT2D eigenvalue weighted by Gasteiger charge is -2.20. The van der Waals surface area contributed by atoms with Gasteiger partial charge in [0.15, 0.2) is 11.1 Å². The standard InChI is InChI=1S/C26H27F3N4O2/c1-4-5-6-8-11-18(2)31-23-17-21(34)24-20(26(27,28)29)16-22(30-14-15-35-3)32-25(24)33(23)19-12-9-7-10-13-19/h4,6-13,16-17,31H,1,5,14-15H2,2-3H3,(H,30,32)/b8-6-,18-11+. The number of nitrogens with zero attached hydrogens (tertiary/aromatic N) is 2. The minimum Gasteiger partial charge on any atom is -0.383 e. The Labute approximate surface area is 201 Å². The molecule has 0 atom stereocenters. The number of halogens is 3.